The van der Waals surface area contributed by atoms with Crippen molar-refractivity contribution >= 4 is 11.6 Å². The summed E-state index contributed by atoms with van der Waals surface area (Å²) >= 11 is -2.26. The second-order valence-electron chi connectivity index (χ2n) is 3.09. The fraction of sp³-hybridized carbons (Fsp3) is 0. The highest BCUT2D eigenvalue weighted by Crippen LogP contribution is 2.47. The van der Waals surface area contributed by atoms with Crippen LogP contribution in [0.25, 0.3) is 11.1 Å². The van der Waals surface area contributed by atoms with E-state index < -0.39 is 11.6 Å². The summed E-state index contributed by atoms with van der Waals surface area (Å²) in [6.45, 7) is 0. The van der Waals surface area contributed by atoms with Gasteiger partial charge in [-0.25, -0.2) is 11.6 Å². The molecule has 0 spiro atoms. The lowest BCUT2D eigenvalue weighted by Crippen LogP contribution is -1.73. The molecule has 0 nitrogen and oxygen atoms in total. The van der Waals surface area contributed by atoms with Gasteiger partial charge in [-0.2, -0.15) is 0 Å². The predicted molar refractivity (Wildman–Crippen MR) is 58.8 cm³/mol. The van der Waals surface area contributed by atoms with Crippen LogP contribution in [0.5, 0.6) is 0 Å². The molecule has 0 unspecified atom stereocenters. The molecule has 1 aliphatic heterocycles. The van der Waals surface area contributed by atoms with Gasteiger partial charge in [-0.3, -0.25) is 0 Å². The van der Waals surface area contributed by atoms with Crippen LogP contribution >= 0.6 is 11.6 Å². The largest absolute Gasteiger partial charge is 0.211 e. The number of hydrogen-bond acceptors (Lipinski definition) is 0. The van der Waals surface area contributed by atoms with Crippen molar-refractivity contribution in [2.24, 2.45) is 0 Å². The van der Waals surface area contributed by atoms with Gasteiger partial charge in [0.05, 0.1) is 2.25 Å². The number of hydrogen-bond donors (Lipinski definition) is 0. The van der Waals surface area contributed by atoms with E-state index in [4.69, 9.17) is 2.25 Å². The van der Waals surface area contributed by atoms with Gasteiger partial charge in [-0.05, 0) is 33.1 Å². The van der Waals surface area contributed by atoms with Crippen LogP contribution in [-0.2, 0) is 0 Å². The van der Waals surface area contributed by atoms with E-state index in [2.05, 4.69) is 0 Å². The maximum absolute atomic E-state index is 8.20. The zero-order chi connectivity index (χ0) is 10.5. The van der Waals surface area contributed by atoms with Crippen molar-refractivity contribution in [3.8, 4) is 11.1 Å². The fourth-order valence-electron chi connectivity index (χ4n) is 1.67. The van der Waals surface area contributed by atoms with Crippen molar-refractivity contribution in [1.29, 1.82) is 2.25 Å². The summed E-state index contributed by atoms with van der Waals surface area (Å²) in [7, 11) is 0. The van der Waals surface area contributed by atoms with E-state index in [0.717, 1.165) is 20.9 Å². The molecule has 13 heavy (non-hydrogen) atoms. The lowest BCUT2D eigenvalue weighted by Gasteiger charge is -1.97. The number of fused-ring (bicyclic) bond motifs is 3. The summed E-state index contributed by atoms with van der Waals surface area (Å²) in [6.07, 6.45) is 0. The molecule has 0 atom stereocenters. The smallest absolute Gasteiger partial charge is 0.0889 e. The third-order valence-corrected chi connectivity index (χ3v) is 3.44. The highest BCUT2D eigenvalue weighted by Gasteiger charge is 2.14. The van der Waals surface area contributed by atoms with E-state index >= 15 is 0 Å². The first-order chi connectivity index (χ1) is 7.21. The molecular weight excluding hydrogens is 176 g/mol. The zero-order valence-electron chi connectivity index (χ0n) is 9.03. The summed E-state index contributed by atoms with van der Waals surface area (Å²) in [5.41, 5.74) is 2.13. The molecule has 0 bridgehead atoms. The van der Waals surface area contributed by atoms with Crippen LogP contribution in [0.4, 0.5) is 0 Å². The first-order valence-corrected chi connectivity index (χ1v) is 5.13. The zero-order valence-corrected chi connectivity index (χ0v) is 7.84. The topological polar surface area (TPSA) is 0 Å². The highest BCUT2D eigenvalue weighted by molar-refractivity contribution is 8.00. The Labute approximate surface area is 83.8 Å². The summed E-state index contributed by atoms with van der Waals surface area (Å²) in [6, 6.07) is 15.6. The van der Waals surface area contributed by atoms with E-state index in [9.17, 15) is 0 Å². The predicted octanol–water partition coefficient (Wildman–Crippen LogP) is 3.28. The fourth-order valence-corrected chi connectivity index (χ4v) is 2.78. The van der Waals surface area contributed by atoms with Crippen LogP contribution in [0.15, 0.2) is 58.3 Å². The molecule has 1 heteroatoms. The molecule has 0 amide bonds. The van der Waals surface area contributed by atoms with Crippen LogP contribution in [0.2, 0.25) is 0 Å². The maximum Gasteiger partial charge on any atom is 0.0889 e. The molecule has 64 valence electrons. The number of benzene rings is 2. The molecule has 0 fully saturated rings. The minimum Gasteiger partial charge on any atom is -0.211 e. The van der Waals surface area contributed by atoms with Gasteiger partial charge in [-0.15, -0.1) is 0 Å². The van der Waals surface area contributed by atoms with E-state index in [0.29, 0.717) is 0 Å². The molecular formula is C12H10S. The molecule has 3 rings (SSSR count). The molecule has 0 saturated carbocycles. The van der Waals surface area contributed by atoms with Crippen molar-refractivity contribution in [2.45, 2.75) is 9.79 Å². The van der Waals surface area contributed by atoms with E-state index in [-0.39, 0.29) is 0 Å². The Morgan fingerprint density at radius 1 is 0.769 bits per heavy atom. The molecule has 2 aromatic carbocycles. The van der Waals surface area contributed by atoms with Gasteiger partial charge < -0.3 is 0 Å². The van der Waals surface area contributed by atoms with Gasteiger partial charge in [-0.1, -0.05) is 36.4 Å². The molecule has 0 aliphatic carbocycles. The van der Waals surface area contributed by atoms with Crippen molar-refractivity contribution in [3.63, 3.8) is 0 Å². The van der Waals surface area contributed by atoms with Crippen molar-refractivity contribution in [2.75, 3.05) is 0 Å². The Hall–Kier alpha value is -1.21. The Kier molecular flexibility index (Phi) is 1.12. The van der Waals surface area contributed by atoms with Crippen LogP contribution in [0, 0.1) is 0 Å². The molecule has 2 aromatic rings. The quantitative estimate of drug-likeness (QED) is 0.595. The summed E-state index contributed by atoms with van der Waals surface area (Å²) in [4.78, 5) is 1.73. The van der Waals surface area contributed by atoms with Crippen molar-refractivity contribution in [1.82, 2.24) is 0 Å². The van der Waals surface area contributed by atoms with Crippen LogP contribution in [-0.4, -0.2) is 2.25 Å². The van der Waals surface area contributed by atoms with Crippen LogP contribution < -0.4 is 0 Å². The van der Waals surface area contributed by atoms with E-state index in [1.807, 2.05) is 48.5 Å². The molecule has 0 N–H and O–H groups in total. The minimum absolute atomic E-state index is 0.867. The standard InChI is InChI=1S/C12H10S/c1-3-7-11-9(5-1)10-6-2-4-8-12(10)13-11/h1-8H,13H2/i13D2. The Morgan fingerprint density at radius 3 is 1.77 bits per heavy atom. The van der Waals surface area contributed by atoms with Crippen molar-refractivity contribution < 1.29 is 0 Å². The average molecular weight is 188 g/mol. The van der Waals surface area contributed by atoms with Gasteiger partial charge in [0.2, 0.25) is 0 Å². The van der Waals surface area contributed by atoms with Crippen molar-refractivity contribution in [3.05, 3.63) is 48.5 Å². The van der Waals surface area contributed by atoms with Crippen LogP contribution in [0.1, 0.15) is 0 Å². The first kappa shape index (κ1) is 5.51. The molecule has 1 heterocycles. The molecule has 0 aromatic heterocycles. The lowest BCUT2D eigenvalue weighted by atomic mass is 10.1. The average Bonchev–Trinajstić information content (AvgIpc) is 2.51. The third-order valence-electron chi connectivity index (χ3n) is 2.28. The monoisotopic (exact) mass is 188 g/mol. The summed E-state index contributed by atoms with van der Waals surface area (Å²) in [5, 5.41) is 0. The second-order valence-corrected chi connectivity index (χ2v) is 4.18. The molecule has 0 saturated heterocycles. The van der Waals surface area contributed by atoms with E-state index in [1.54, 1.807) is 0 Å². The highest BCUT2D eigenvalue weighted by atomic mass is 32.2. The van der Waals surface area contributed by atoms with Gasteiger partial charge in [0.1, 0.15) is 0 Å². The summed E-state index contributed by atoms with van der Waals surface area (Å²) < 4.78 is 16.4. The second kappa shape index (κ2) is 2.64. The normalized spacial score (nSPS) is 20.9. The van der Waals surface area contributed by atoms with Gasteiger partial charge in [0, 0.05) is 0 Å². The minimum atomic E-state index is -2.26. The van der Waals surface area contributed by atoms with Crippen LogP contribution in [0.3, 0.4) is 0 Å². The SMILES string of the molecule is [2H]S1([2H])c2ccccc2-c2ccccc21. The Morgan fingerprint density at radius 2 is 1.23 bits per heavy atom. The number of rotatable bonds is 0. The molecule has 0 radical (unpaired) electrons. The van der Waals surface area contributed by atoms with Gasteiger partial charge >= 0.3 is 0 Å². The third kappa shape index (κ3) is 1.01. The van der Waals surface area contributed by atoms with E-state index in [1.165, 1.54) is 0 Å². The first-order valence-electron chi connectivity index (χ1n) is 5.13. The Bertz CT molecular complexity index is 487. The maximum atomic E-state index is 8.20. The summed E-state index contributed by atoms with van der Waals surface area (Å²) in [5.74, 6) is 0. The molecule has 1 aliphatic rings. The lowest BCUT2D eigenvalue weighted by molar-refractivity contribution is 1.45. The Balaban J connectivity index is 2.42. The van der Waals surface area contributed by atoms with Gasteiger partial charge in [0.25, 0.3) is 0 Å². The van der Waals surface area contributed by atoms with Gasteiger partial charge in [0.15, 0.2) is 0 Å².